The van der Waals surface area contributed by atoms with Crippen LogP contribution in [0.4, 0.5) is 5.69 Å². The first-order chi connectivity index (χ1) is 9.11. The summed E-state index contributed by atoms with van der Waals surface area (Å²) >= 11 is 5.97. The Bertz CT molecular complexity index is 605. The van der Waals surface area contributed by atoms with E-state index in [9.17, 15) is 0 Å². The minimum atomic E-state index is 0.444. The normalized spacial score (nSPS) is 12.2. The van der Waals surface area contributed by atoms with E-state index in [1.54, 1.807) is 6.20 Å². The number of aromatic nitrogens is 1. The lowest BCUT2D eigenvalue weighted by Gasteiger charge is -2.10. The van der Waals surface area contributed by atoms with Gasteiger partial charge in [0.05, 0.1) is 11.2 Å². The number of pyridine rings is 1. The molecule has 0 aliphatic carbocycles. The van der Waals surface area contributed by atoms with Crippen molar-refractivity contribution in [1.29, 1.82) is 0 Å². The molecular formula is C15H18ClN3. The van der Waals surface area contributed by atoms with E-state index < -0.39 is 0 Å². The monoisotopic (exact) mass is 275 g/mol. The summed E-state index contributed by atoms with van der Waals surface area (Å²) in [5, 5.41) is 6.21. The maximum atomic E-state index is 5.97. The third kappa shape index (κ3) is 3.24. The Labute approximate surface area is 118 Å². The molecule has 4 heteroatoms. The highest BCUT2D eigenvalue weighted by Crippen LogP contribution is 2.24. The van der Waals surface area contributed by atoms with Gasteiger partial charge in [-0.05, 0) is 36.6 Å². The first-order valence-corrected chi connectivity index (χ1v) is 6.86. The Hall–Kier alpha value is -1.61. The van der Waals surface area contributed by atoms with E-state index in [2.05, 4.69) is 36.3 Å². The average Bonchev–Trinajstić information content (AvgIpc) is 2.38. The van der Waals surface area contributed by atoms with Crippen LogP contribution in [0.5, 0.6) is 0 Å². The van der Waals surface area contributed by atoms with E-state index in [-0.39, 0.29) is 0 Å². The lowest BCUT2D eigenvalue weighted by atomic mass is 10.1. The highest BCUT2D eigenvalue weighted by atomic mass is 35.5. The van der Waals surface area contributed by atoms with E-state index in [4.69, 9.17) is 11.6 Å². The van der Waals surface area contributed by atoms with Gasteiger partial charge in [-0.25, -0.2) is 0 Å². The van der Waals surface area contributed by atoms with Crippen molar-refractivity contribution in [2.24, 2.45) is 11.0 Å². The fourth-order valence-corrected chi connectivity index (χ4v) is 2.13. The molecule has 0 unspecified atom stereocenters. The molecule has 0 amide bonds. The van der Waals surface area contributed by atoms with Crippen LogP contribution in [0, 0.1) is 5.92 Å². The van der Waals surface area contributed by atoms with E-state index in [1.807, 2.05) is 24.3 Å². The summed E-state index contributed by atoms with van der Waals surface area (Å²) in [6.45, 7) is 6.41. The van der Waals surface area contributed by atoms with Crippen molar-refractivity contribution in [3.8, 4) is 0 Å². The highest BCUT2D eigenvalue weighted by Gasteiger charge is 2.04. The molecule has 1 aromatic heterocycles. The lowest BCUT2D eigenvalue weighted by Crippen LogP contribution is -2.08. The van der Waals surface area contributed by atoms with Crippen LogP contribution in [0.15, 0.2) is 35.6 Å². The summed E-state index contributed by atoms with van der Waals surface area (Å²) < 4.78 is 0. The third-order valence-electron chi connectivity index (χ3n) is 3.05. The zero-order chi connectivity index (χ0) is 13.8. The Balaban J connectivity index is 2.36. The predicted molar refractivity (Wildman–Crippen MR) is 82.9 cm³/mol. The van der Waals surface area contributed by atoms with E-state index in [0.717, 1.165) is 28.7 Å². The number of nitrogens with one attached hydrogen (secondary N) is 1. The quantitative estimate of drug-likeness (QED) is 0.647. The van der Waals surface area contributed by atoms with Crippen LogP contribution in [0.1, 0.15) is 27.2 Å². The zero-order valence-electron chi connectivity index (χ0n) is 11.4. The average molecular weight is 276 g/mol. The number of benzene rings is 1. The van der Waals surface area contributed by atoms with Gasteiger partial charge in [0, 0.05) is 22.3 Å². The van der Waals surface area contributed by atoms with Crippen molar-refractivity contribution >= 4 is 33.9 Å². The maximum absolute atomic E-state index is 5.97. The topological polar surface area (TPSA) is 37.3 Å². The minimum Gasteiger partial charge on any atom is -0.278 e. The molecular weight excluding hydrogens is 258 g/mol. The largest absolute Gasteiger partial charge is 0.278 e. The second-order valence-corrected chi connectivity index (χ2v) is 5.18. The van der Waals surface area contributed by atoms with Crippen LogP contribution in [0.2, 0.25) is 5.02 Å². The maximum Gasteiger partial charge on any atom is 0.0738 e. The Morgan fingerprint density at radius 1 is 1.37 bits per heavy atom. The van der Waals surface area contributed by atoms with Gasteiger partial charge in [0.25, 0.3) is 0 Å². The zero-order valence-corrected chi connectivity index (χ0v) is 12.2. The van der Waals surface area contributed by atoms with E-state index >= 15 is 0 Å². The molecule has 0 radical (unpaired) electrons. The summed E-state index contributed by atoms with van der Waals surface area (Å²) in [6.07, 6.45) is 2.71. The summed E-state index contributed by atoms with van der Waals surface area (Å²) in [7, 11) is 0. The number of rotatable bonds is 4. The van der Waals surface area contributed by atoms with E-state index in [1.165, 1.54) is 0 Å². The Morgan fingerprint density at radius 3 is 2.84 bits per heavy atom. The molecule has 0 aliphatic rings. The fraction of sp³-hybridized carbons (Fsp3) is 0.333. The molecule has 0 atom stereocenters. The molecule has 1 heterocycles. The first-order valence-electron chi connectivity index (χ1n) is 6.48. The summed E-state index contributed by atoms with van der Waals surface area (Å²) in [5.74, 6) is 0.444. The first kappa shape index (κ1) is 13.8. The molecule has 2 rings (SSSR count). The molecule has 0 bridgehead atoms. The predicted octanol–water partition coefficient (Wildman–Crippen LogP) is 4.72. The molecule has 0 aliphatic heterocycles. The number of hydrazone groups is 1. The summed E-state index contributed by atoms with van der Waals surface area (Å²) in [5.41, 5.74) is 6.12. The molecule has 3 nitrogen and oxygen atoms in total. The van der Waals surface area contributed by atoms with Crippen molar-refractivity contribution in [3.05, 3.63) is 35.5 Å². The van der Waals surface area contributed by atoms with Crippen molar-refractivity contribution in [2.75, 3.05) is 5.43 Å². The van der Waals surface area contributed by atoms with Crippen molar-refractivity contribution in [2.45, 2.75) is 27.2 Å². The standard InChI is InChI=1S/C15H18ClN3/c1-4-13(10(2)3)18-19-14-7-8-17-15-9-11(16)5-6-12(14)15/h5-10H,4H2,1-3H3,(H,17,19)/b18-13-. The number of halogens is 1. The lowest BCUT2D eigenvalue weighted by molar-refractivity contribution is 0.853. The molecule has 1 aromatic carbocycles. The number of hydrogen-bond donors (Lipinski definition) is 1. The fourth-order valence-electron chi connectivity index (χ4n) is 1.97. The number of nitrogens with zero attached hydrogens (tertiary/aromatic N) is 2. The van der Waals surface area contributed by atoms with Gasteiger partial charge in [0.15, 0.2) is 0 Å². The second-order valence-electron chi connectivity index (χ2n) is 4.74. The van der Waals surface area contributed by atoms with Crippen LogP contribution < -0.4 is 5.43 Å². The molecule has 0 spiro atoms. The van der Waals surface area contributed by atoms with Gasteiger partial charge in [-0.15, -0.1) is 0 Å². The van der Waals surface area contributed by atoms with Gasteiger partial charge in [-0.1, -0.05) is 32.4 Å². The van der Waals surface area contributed by atoms with Gasteiger partial charge in [-0.3, -0.25) is 10.4 Å². The van der Waals surface area contributed by atoms with Crippen molar-refractivity contribution in [1.82, 2.24) is 4.98 Å². The van der Waals surface area contributed by atoms with Crippen molar-refractivity contribution in [3.63, 3.8) is 0 Å². The SMILES string of the molecule is CC/C(=N/Nc1ccnc2cc(Cl)ccc12)C(C)C. The third-order valence-corrected chi connectivity index (χ3v) is 3.29. The van der Waals surface area contributed by atoms with Crippen LogP contribution in [0.3, 0.4) is 0 Å². The molecule has 2 aromatic rings. The molecule has 0 saturated heterocycles. The Kier molecular flexibility index (Phi) is 4.38. The molecule has 0 fully saturated rings. The summed E-state index contributed by atoms with van der Waals surface area (Å²) in [4.78, 5) is 4.31. The number of hydrogen-bond acceptors (Lipinski definition) is 3. The Morgan fingerprint density at radius 2 is 2.16 bits per heavy atom. The molecule has 100 valence electrons. The van der Waals surface area contributed by atoms with Gasteiger partial charge >= 0.3 is 0 Å². The van der Waals surface area contributed by atoms with Gasteiger partial charge in [0.1, 0.15) is 0 Å². The molecule has 1 N–H and O–H groups in total. The van der Waals surface area contributed by atoms with Gasteiger partial charge < -0.3 is 0 Å². The molecule has 0 saturated carbocycles. The van der Waals surface area contributed by atoms with Crippen LogP contribution >= 0.6 is 11.6 Å². The van der Waals surface area contributed by atoms with Crippen LogP contribution in [0.25, 0.3) is 10.9 Å². The summed E-state index contributed by atoms with van der Waals surface area (Å²) in [6, 6.07) is 7.61. The number of anilines is 1. The van der Waals surface area contributed by atoms with Crippen molar-refractivity contribution < 1.29 is 0 Å². The molecule has 19 heavy (non-hydrogen) atoms. The van der Waals surface area contributed by atoms with Gasteiger partial charge in [-0.2, -0.15) is 5.10 Å². The van der Waals surface area contributed by atoms with Crippen LogP contribution in [-0.2, 0) is 0 Å². The number of fused-ring (bicyclic) bond motifs is 1. The second kappa shape index (κ2) is 6.02. The van der Waals surface area contributed by atoms with E-state index in [0.29, 0.717) is 10.9 Å². The van der Waals surface area contributed by atoms with Gasteiger partial charge in [0.2, 0.25) is 0 Å². The highest BCUT2D eigenvalue weighted by molar-refractivity contribution is 6.31. The minimum absolute atomic E-state index is 0.444. The van der Waals surface area contributed by atoms with Crippen LogP contribution in [-0.4, -0.2) is 10.7 Å². The smallest absolute Gasteiger partial charge is 0.0738 e.